The fourth-order valence-electron chi connectivity index (χ4n) is 1.50. The molecule has 0 aromatic heterocycles. The summed E-state index contributed by atoms with van der Waals surface area (Å²) in [5.41, 5.74) is 1.54. The molecule has 0 saturated heterocycles. The Bertz CT molecular complexity index is 418. The molecule has 0 spiro atoms. The first-order chi connectivity index (χ1) is 7.29. The Morgan fingerprint density at radius 3 is 2.67 bits per heavy atom. The van der Waals surface area contributed by atoms with Crippen molar-refractivity contribution in [3.05, 3.63) is 54.3 Å². The van der Waals surface area contributed by atoms with E-state index in [0.717, 1.165) is 5.56 Å². The molecule has 0 bridgehead atoms. The molecule has 0 saturated carbocycles. The van der Waals surface area contributed by atoms with Crippen LogP contribution in [0.3, 0.4) is 0 Å². The van der Waals surface area contributed by atoms with Crippen molar-refractivity contribution < 1.29 is 14.6 Å². The van der Waals surface area contributed by atoms with Crippen molar-refractivity contribution in [2.24, 2.45) is 0 Å². The molecule has 1 aliphatic heterocycles. The van der Waals surface area contributed by atoms with Gasteiger partial charge in [-0.25, -0.2) is 4.79 Å². The quantitative estimate of drug-likeness (QED) is 0.798. The van der Waals surface area contributed by atoms with Crippen molar-refractivity contribution in [3.8, 4) is 0 Å². The molecule has 1 aliphatic rings. The molecule has 0 radical (unpaired) electrons. The molecule has 3 nitrogen and oxygen atoms in total. The molecular formula is C12H10O3. The molecule has 1 unspecified atom stereocenters. The van der Waals surface area contributed by atoms with Gasteiger partial charge in [0.2, 0.25) is 6.10 Å². The molecule has 2 rings (SSSR count). The molecule has 15 heavy (non-hydrogen) atoms. The first-order valence-electron chi connectivity index (χ1n) is 4.59. The first-order valence-corrected chi connectivity index (χ1v) is 4.59. The predicted molar refractivity (Wildman–Crippen MR) is 56.1 cm³/mol. The lowest BCUT2D eigenvalue weighted by Crippen LogP contribution is -2.24. The van der Waals surface area contributed by atoms with Gasteiger partial charge in [0.1, 0.15) is 0 Å². The van der Waals surface area contributed by atoms with Crippen LogP contribution in [0, 0.1) is 0 Å². The van der Waals surface area contributed by atoms with Crippen molar-refractivity contribution >= 4 is 11.5 Å². The van der Waals surface area contributed by atoms with Gasteiger partial charge in [-0.05, 0) is 11.6 Å². The highest BCUT2D eigenvalue weighted by molar-refractivity contribution is 5.91. The maximum absolute atomic E-state index is 10.9. The summed E-state index contributed by atoms with van der Waals surface area (Å²) in [6.45, 7) is 0. The summed E-state index contributed by atoms with van der Waals surface area (Å²) in [7, 11) is 0. The van der Waals surface area contributed by atoms with E-state index in [2.05, 4.69) is 0 Å². The van der Waals surface area contributed by atoms with Crippen LogP contribution in [0.4, 0.5) is 0 Å². The van der Waals surface area contributed by atoms with Crippen molar-refractivity contribution in [2.75, 3.05) is 0 Å². The molecule has 1 atom stereocenters. The van der Waals surface area contributed by atoms with Gasteiger partial charge in [-0.2, -0.15) is 0 Å². The normalized spacial score (nSPS) is 19.2. The van der Waals surface area contributed by atoms with E-state index in [0.29, 0.717) is 5.57 Å². The van der Waals surface area contributed by atoms with Crippen molar-refractivity contribution in [1.29, 1.82) is 0 Å². The summed E-state index contributed by atoms with van der Waals surface area (Å²) < 4.78 is 5.06. The topological polar surface area (TPSA) is 46.5 Å². The molecule has 1 heterocycles. The average Bonchev–Trinajstić information content (AvgIpc) is 2.30. The van der Waals surface area contributed by atoms with Crippen LogP contribution < -0.4 is 0 Å². The number of aliphatic carboxylic acids is 1. The lowest BCUT2D eigenvalue weighted by Gasteiger charge is -2.18. The van der Waals surface area contributed by atoms with Crippen LogP contribution in [0.25, 0.3) is 5.57 Å². The van der Waals surface area contributed by atoms with Crippen LogP contribution in [0.5, 0.6) is 0 Å². The van der Waals surface area contributed by atoms with E-state index in [4.69, 9.17) is 9.84 Å². The number of rotatable bonds is 2. The third kappa shape index (κ3) is 1.91. The summed E-state index contributed by atoms with van der Waals surface area (Å²) in [4.78, 5) is 10.9. The molecule has 76 valence electrons. The molecule has 1 aromatic carbocycles. The maximum atomic E-state index is 10.9. The summed E-state index contributed by atoms with van der Waals surface area (Å²) in [6, 6.07) is 9.36. The van der Waals surface area contributed by atoms with E-state index in [1.165, 1.54) is 6.26 Å². The first kappa shape index (κ1) is 9.52. The Kier molecular flexibility index (Phi) is 2.54. The zero-order valence-electron chi connectivity index (χ0n) is 7.96. The minimum absolute atomic E-state index is 0.672. The number of ether oxygens (including phenoxy) is 1. The highest BCUT2D eigenvalue weighted by atomic mass is 16.5. The molecule has 3 heteroatoms. The van der Waals surface area contributed by atoms with Crippen molar-refractivity contribution in [1.82, 2.24) is 0 Å². The summed E-state index contributed by atoms with van der Waals surface area (Å²) in [6.07, 6.45) is 3.95. The van der Waals surface area contributed by atoms with Gasteiger partial charge in [-0.1, -0.05) is 36.4 Å². The Morgan fingerprint density at radius 2 is 2.00 bits per heavy atom. The zero-order valence-corrected chi connectivity index (χ0v) is 7.96. The largest absolute Gasteiger partial charge is 0.482 e. The third-order valence-corrected chi connectivity index (χ3v) is 2.18. The van der Waals surface area contributed by atoms with Gasteiger partial charge in [0, 0.05) is 5.57 Å². The Balaban J connectivity index is 2.38. The minimum Gasteiger partial charge on any atom is -0.482 e. The third-order valence-electron chi connectivity index (χ3n) is 2.18. The van der Waals surface area contributed by atoms with Gasteiger partial charge in [0.05, 0.1) is 6.26 Å². The second-order valence-electron chi connectivity index (χ2n) is 3.17. The maximum Gasteiger partial charge on any atom is 0.349 e. The number of benzene rings is 1. The molecular weight excluding hydrogens is 192 g/mol. The molecule has 0 amide bonds. The van der Waals surface area contributed by atoms with E-state index >= 15 is 0 Å². The van der Waals surface area contributed by atoms with Crippen molar-refractivity contribution in [3.63, 3.8) is 0 Å². The van der Waals surface area contributed by atoms with Crippen LogP contribution in [0.15, 0.2) is 48.7 Å². The van der Waals surface area contributed by atoms with E-state index < -0.39 is 12.1 Å². The van der Waals surface area contributed by atoms with Gasteiger partial charge in [0.25, 0.3) is 0 Å². The van der Waals surface area contributed by atoms with E-state index in [1.54, 1.807) is 12.2 Å². The zero-order chi connectivity index (χ0) is 10.7. The smallest absolute Gasteiger partial charge is 0.349 e. The highest BCUT2D eigenvalue weighted by Crippen LogP contribution is 2.23. The molecule has 0 fully saturated rings. The van der Waals surface area contributed by atoms with Crippen LogP contribution in [0.1, 0.15) is 5.56 Å². The molecule has 1 aromatic rings. The number of carbonyl (C=O) groups is 1. The van der Waals surface area contributed by atoms with Crippen LogP contribution in [0.2, 0.25) is 0 Å². The Hall–Kier alpha value is -2.03. The van der Waals surface area contributed by atoms with Gasteiger partial charge < -0.3 is 9.84 Å². The lowest BCUT2D eigenvalue weighted by molar-refractivity contribution is -0.143. The standard InChI is InChI=1S/C12H10O3/c13-12(14)11-10(7-4-8-15-11)9-5-2-1-3-6-9/h1-8,11H,(H,13,14). The lowest BCUT2D eigenvalue weighted by atomic mass is 9.99. The SMILES string of the molecule is O=C(O)C1OC=CC=C1c1ccccc1. The van der Waals surface area contributed by atoms with Crippen molar-refractivity contribution in [2.45, 2.75) is 6.10 Å². The number of allylic oxidation sites excluding steroid dienone is 2. The monoisotopic (exact) mass is 202 g/mol. The van der Waals surface area contributed by atoms with E-state index in [9.17, 15) is 4.79 Å². The Morgan fingerprint density at radius 1 is 1.27 bits per heavy atom. The van der Waals surface area contributed by atoms with Crippen LogP contribution >= 0.6 is 0 Å². The average molecular weight is 202 g/mol. The fourth-order valence-corrected chi connectivity index (χ4v) is 1.50. The highest BCUT2D eigenvalue weighted by Gasteiger charge is 2.25. The van der Waals surface area contributed by atoms with Crippen LogP contribution in [-0.4, -0.2) is 17.2 Å². The summed E-state index contributed by atoms with van der Waals surface area (Å²) in [5, 5.41) is 8.97. The number of carboxylic acid groups (broad SMARTS) is 1. The molecule has 0 aliphatic carbocycles. The van der Waals surface area contributed by atoms with E-state index in [1.807, 2.05) is 30.3 Å². The second-order valence-corrected chi connectivity index (χ2v) is 3.17. The number of hydrogen-bond acceptors (Lipinski definition) is 2. The Labute approximate surface area is 87.3 Å². The minimum atomic E-state index is -0.977. The molecule has 1 N–H and O–H groups in total. The van der Waals surface area contributed by atoms with E-state index in [-0.39, 0.29) is 0 Å². The predicted octanol–water partition coefficient (Wildman–Crippen LogP) is 2.07. The summed E-state index contributed by atoms with van der Waals surface area (Å²) in [5.74, 6) is -0.977. The fraction of sp³-hybridized carbons (Fsp3) is 0.0833. The van der Waals surface area contributed by atoms with Gasteiger partial charge in [-0.3, -0.25) is 0 Å². The second kappa shape index (κ2) is 4.00. The van der Waals surface area contributed by atoms with Crippen LogP contribution in [-0.2, 0) is 9.53 Å². The summed E-state index contributed by atoms with van der Waals surface area (Å²) >= 11 is 0. The number of hydrogen-bond donors (Lipinski definition) is 1. The van der Waals surface area contributed by atoms with Gasteiger partial charge in [-0.15, -0.1) is 0 Å². The van der Waals surface area contributed by atoms with Gasteiger partial charge in [0.15, 0.2) is 0 Å². The number of carboxylic acids is 1. The van der Waals surface area contributed by atoms with Gasteiger partial charge >= 0.3 is 5.97 Å².